The first-order valence-electron chi connectivity index (χ1n) is 17.0. The van der Waals surface area contributed by atoms with Gasteiger partial charge in [-0.15, -0.1) is 0 Å². The molecule has 0 saturated heterocycles. The Kier molecular flexibility index (Phi) is 6.49. The number of para-hydroxylation sites is 4. The monoisotopic (exact) mass is 637 g/mol. The third-order valence-electron chi connectivity index (χ3n) is 10.0. The number of nitrogens with zero attached hydrogens (tertiary/aromatic N) is 3. The van der Waals surface area contributed by atoms with Crippen LogP contribution >= 0.6 is 0 Å². The van der Waals surface area contributed by atoms with Gasteiger partial charge in [0.05, 0.1) is 22.1 Å². The molecule has 7 aromatic carbocycles. The maximum atomic E-state index is 4.64. The highest BCUT2D eigenvalue weighted by Gasteiger charge is 2.13. The second-order valence-corrected chi connectivity index (χ2v) is 12.9. The molecule has 10 aromatic rings. The molecule has 0 aliphatic carbocycles. The summed E-state index contributed by atoms with van der Waals surface area (Å²) in [7, 11) is 0. The number of fused-ring (bicyclic) bond motifs is 6. The molecule has 3 heteroatoms. The molecular formula is C47H31N3. The Morgan fingerprint density at radius 3 is 0.900 bits per heavy atom. The molecule has 0 bridgehead atoms. The fraction of sp³-hybridized carbons (Fsp3) is 0. The van der Waals surface area contributed by atoms with Crippen LogP contribution in [0, 0.1) is 0 Å². The van der Waals surface area contributed by atoms with Crippen LogP contribution in [0.1, 0.15) is 0 Å². The fourth-order valence-electron chi connectivity index (χ4n) is 7.62. The highest BCUT2D eigenvalue weighted by atomic mass is 15.0. The molecule has 0 atom stereocenters. The van der Waals surface area contributed by atoms with Crippen molar-refractivity contribution in [2.75, 3.05) is 0 Å². The Morgan fingerprint density at radius 1 is 0.280 bits per heavy atom. The van der Waals surface area contributed by atoms with E-state index in [4.69, 9.17) is 0 Å². The van der Waals surface area contributed by atoms with Gasteiger partial charge in [-0.1, -0.05) is 121 Å². The van der Waals surface area contributed by atoms with Gasteiger partial charge in [-0.2, -0.15) is 0 Å². The molecule has 0 fully saturated rings. The third-order valence-corrected chi connectivity index (χ3v) is 10.0. The molecule has 0 N–H and O–H groups in total. The van der Waals surface area contributed by atoms with E-state index < -0.39 is 0 Å². The van der Waals surface area contributed by atoms with Gasteiger partial charge < -0.3 is 9.13 Å². The van der Waals surface area contributed by atoms with E-state index in [0.29, 0.717) is 0 Å². The number of pyridine rings is 1. The van der Waals surface area contributed by atoms with Crippen LogP contribution in [0.15, 0.2) is 188 Å². The van der Waals surface area contributed by atoms with Gasteiger partial charge in [0.1, 0.15) is 0 Å². The molecular weight excluding hydrogens is 607 g/mol. The van der Waals surface area contributed by atoms with Crippen molar-refractivity contribution in [3.63, 3.8) is 0 Å². The Bertz CT molecular complexity index is 2730. The minimum atomic E-state index is 1.10. The first kappa shape index (κ1) is 28.3. The second-order valence-electron chi connectivity index (χ2n) is 12.9. The molecule has 50 heavy (non-hydrogen) atoms. The third kappa shape index (κ3) is 4.56. The quantitative estimate of drug-likeness (QED) is 0.184. The first-order valence-corrected chi connectivity index (χ1v) is 17.0. The van der Waals surface area contributed by atoms with Crippen LogP contribution in [0.5, 0.6) is 0 Å². The average molecular weight is 638 g/mol. The van der Waals surface area contributed by atoms with Crippen molar-refractivity contribution in [1.29, 1.82) is 0 Å². The van der Waals surface area contributed by atoms with Gasteiger partial charge in [-0.25, -0.2) is 0 Å². The van der Waals surface area contributed by atoms with Crippen LogP contribution in [-0.2, 0) is 0 Å². The predicted octanol–water partition coefficient (Wildman–Crippen LogP) is 12.3. The van der Waals surface area contributed by atoms with Crippen molar-refractivity contribution in [2.45, 2.75) is 0 Å². The van der Waals surface area contributed by atoms with Crippen molar-refractivity contribution in [3.8, 4) is 44.8 Å². The van der Waals surface area contributed by atoms with Gasteiger partial charge in [0.2, 0.25) is 0 Å². The first-order chi connectivity index (χ1) is 24.8. The molecule has 0 amide bonds. The molecule has 234 valence electrons. The van der Waals surface area contributed by atoms with Crippen molar-refractivity contribution < 1.29 is 0 Å². The highest BCUT2D eigenvalue weighted by molar-refractivity contribution is 6.10. The number of rotatable bonds is 5. The average Bonchev–Trinajstić information content (AvgIpc) is 3.71. The minimum Gasteiger partial charge on any atom is -0.309 e. The van der Waals surface area contributed by atoms with E-state index in [1.807, 2.05) is 12.4 Å². The van der Waals surface area contributed by atoms with Crippen molar-refractivity contribution in [3.05, 3.63) is 188 Å². The lowest BCUT2D eigenvalue weighted by atomic mass is 9.99. The summed E-state index contributed by atoms with van der Waals surface area (Å²) in [6.45, 7) is 0. The zero-order valence-electron chi connectivity index (χ0n) is 27.2. The van der Waals surface area contributed by atoms with Crippen LogP contribution < -0.4 is 0 Å². The Morgan fingerprint density at radius 2 is 0.560 bits per heavy atom. The summed E-state index contributed by atoms with van der Waals surface area (Å²) in [5, 5.41) is 5.09. The largest absolute Gasteiger partial charge is 0.309 e. The number of aromatic nitrogens is 3. The minimum absolute atomic E-state index is 1.10. The molecule has 10 rings (SSSR count). The van der Waals surface area contributed by atoms with Crippen LogP contribution in [0.2, 0.25) is 0 Å². The molecule has 0 radical (unpaired) electrons. The van der Waals surface area contributed by atoms with Crippen LogP contribution in [-0.4, -0.2) is 14.1 Å². The highest BCUT2D eigenvalue weighted by Crippen LogP contribution is 2.35. The number of hydrogen-bond donors (Lipinski definition) is 0. The second kappa shape index (κ2) is 11.5. The van der Waals surface area contributed by atoms with E-state index in [2.05, 4.69) is 190 Å². The van der Waals surface area contributed by atoms with Gasteiger partial charge in [0.25, 0.3) is 0 Å². The molecule has 0 unspecified atom stereocenters. The zero-order chi connectivity index (χ0) is 33.0. The van der Waals surface area contributed by atoms with Crippen molar-refractivity contribution >= 4 is 43.6 Å². The molecule has 0 saturated carbocycles. The van der Waals surface area contributed by atoms with Gasteiger partial charge in [-0.05, 0) is 76.9 Å². The molecule has 0 aliphatic heterocycles. The lowest BCUT2D eigenvalue weighted by molar-refractivity contribution is 1.18. The number of hydrogen-bond acceptors (Lipinski definition) is 1. The molecule has 0 spiro atoms. The summed E-state index contributed by atoms with van der Waals surface area (Å²) >= 11 is 0. The molecule has 3 aromatic heterocycles. The lowest BCUT2D eigenvalue weighted by Gasteiger charge is -2.11. The summed E-state index contributed by atoms with van der Waals surface area (Å²) in [4.78, 5) is 4.64. The van der Waals surface area contributed by atoms with Gasteiger partial charge in [0.15, 0.2) is 0 Å². The topological polar surface area (TPSA) is 22.8 Å². The fourth-order valence-corrected chi connectivity index (χ4v) is 7.62. The van der Waals surface area contributed by atoms with Crippen molar-refractivity contribution in [2.24, 2.45) is 0 Å². The predicted molar refractivity (Wildman–Crippen MR) is 209 cm³/mol. The summed E-state index contributed by atoms with van der Waals surface area (Å²) in [5.41, 5.74) is 14.0. The van der Waals surface area contributed by atoms with E-state index in [1.54, 1.807) is 0 Å². The van der Waals surface area contributed by atoms with Gasteiger partial charge in [0, 0.05) is 56.4 Å². The van der Waals surface area contributed by atoms with E-state index in [9.17, 15) is 0 Å². The van der Waals surface area contributed by atoms with Crippen LogP contribution in [0.3, 0.4) is 0 Å². The Labute approximate surface area is 290 Å². The molecule has 3 nitrogen and oxygen atoms in total. The molecule has 3 heterocycles. The van der Waals surface area contributed by atoms with Gasteiger partial charge >= 0.3 is 0 Å². The number of benzene rings is 7. The standard InChI is InChI=1S/C47H31N3/c1-5-13-44-40(9-1)41-10-2-6-14-45(41)49(44)38-25-21-33(22-26-38)32-17-19-34(20-18-32)36-29-37(31-48-30-36)35-23-27-39(28-24-35)50-46-15-7-3-11-42(46)43-12-4-8-16-47(43)50/h1-31H. The smallest absolute Gasteiger partial charge is 0.0541 e. The summed E-state index contributed by atoms with van der Waals surface area (Å²) in [6.07, 6.45) is 3.90. The Hall–Kier alpha value is -6.71. The van der Waals surface area contributed by atoms with Gasteiger partial charge in [-0.3, -0.25) is 4.98 Å². The van der Waals surface area contributed by atoms with E-state index >= 15 is 0 Å². The van der Waals surface area contributed by atoms with Crippen LogP contribution in [0.4, 0.5) is 0 Å². The summed E-state index contributed by atoms with van der Waals surface area (Å²) in [5.74, 6) is 0. The Balaban J connectivity index is 0.926. The SMILES string of the molecule is c1ccc2c(c1)c1ccccc1n2-c1ccc(-c2ccc(-c3cncc(-c4ccc(-n5c6ccccc6c6ccccc65)cc4)c3)cc2)cc1. The molecule has 0 aliphatic rings. The summed E-state index contributed by atoms with van der Waals surface area (Å²) < 4.78 is 4.71. The van der Waals surface area contributed by atoms with E-state index in [-0.39, 0.29) is 0 Å². The lowest BCUT2D eigenvalue weighted by Crippen LogP contribution is -1.93. The normalized spacial score (nSPS) is 11.6. The van der Waals surface area contributed by atoms with E-state index in [1.165, 1.54) is 54.7 Å². The summed E-state index contributed by atoms with van der Waals surface area (Å²) in [6, 6.07) is 63.3. The van der Waals surface area contributed by atoms with Crippen molar-refractivity contribution in [1.82, 2.24) is 14.1 Å². The van der Waals surface area contributed by atoms with E-state index in [0.717, 1.165) is 33.6 Å². The maximum absolute atomic E-state index is 4.64. The van der Waals surface area contributed by atoms with Crippen LogP contribution in [0.25, 0.3) is 88.4 Å². The zero-order valence-corrected chi connectivity index (χ0v) is 27.2. The maximum Gasteiger partial charge on any atom is 0.0541 e.